The fourth-order valence-corrected chi connectivity index (χ4v) is 2.17. The lowest BCUT2D eigenvalue weighted by atomic mass is 10.2. The molecule has 0 aliphatic heterocycles. The monoisotopic (exact) mass is 256 g/mol. The Bertz CT molecular complexity index is 561. The summed E-state index contributed by atoms with van der Waals surface area (Å²) in [6.45, 7) is 0. The van der Waals surface area contributed by atoms with Crippen molar-refractivity contribution in [1.82, 2.24) is 9.97 Å². The molecule has 2 aromatic heterocycles. The van der Waals surface area contributed by atoms with Gasteiger partial charge in [0.05, 0.1) is 15.5 Å². The molecule has 0 saturated heterocycles. The van der Waals surface area contributed by atoms with Crippen molar-refractivity contribution in [2.24, 2.45) is 0 Å². The molecule has 82 valence electrons. The van der Waals surface area contributed by atoms with Crippen molar-refractivity contribution in [3.05, 3.63) is 39.1 Å². The van der Waals surface area contributed by atoms with Gasteiger partial charge in [0.15, 0.2) is 5.69 Å². The fraction of sp³-hybridized carbons (Fsp3) is 0. The topological polar surface area (TPSA) is 83.0 Å². The second-order valence-corrected chi connectivity index (χ2v) is 4.58. The number of aromatic amines is 1. The van der Waals surface area contributed by atoms with Crippen LogP contribution in [0.1, 0.15) is 25.9 Å². The molecule has 2 N–H and O–H groups in total. The van der Waals surface area contributed by atoms with Crippen LogP contribution in [0.3, 0.4) is 0 Å². The summed E-state index contributed by atoms with van der Waals surface area (Å²) in [5.41, 5.74) is -0.319. The van der Waals surface area contributed by atoms with Crippen LogP contribution in [0.15, 0.2) is 18.5 Å². The number of carbonyl (C=O) groups excluding carboxylic acids is 1. The zero-order chi connectivity index (χ0) is 11.7. The molecule has 0 saturated carbocycles. The molecule has 0 radical (unpaired) electrons. The van der Waals surface area contributed by atoms with Crippen LogP contribution in [0.4, 0.5) is 0 Å². The van der Waals surface area contributed by atoms with E-state index in [9.17, 15) is 9.59 Å². The number of halogens is 1. The van der Waals surface area contributed by atoms with Gasteiger partial charge in [-0.3, -0.25) is 4.79 Å². The van der Waals surface area contributed by atoms with Crippen LogP contribution in [0, 0.1) is 0 Å². The van der Waals surface area contributed by atoms with Crippen molar-refractivity contribution in [2.75, 3.05) is 0 Å². The molecular weight excluding hydrogens is 252 g/mol. The molecule has 0 atom stereocenters. The molecule has 0 aromatic carbocycles. The number of carboxylic acids is 1. The summed E-state index contributed by atoms with van der Waals surface area (Å²) in [6, 6.07) is 3.11. The largest absolute Gasteiger partial charge is 0.477 e. The molecule has 2 aromatic rings. The van der Waals surface area contributed by atoms with Crippen molar-refractivity contribution in [1.29, 1.82) is 0 Å². The van der Waals surface area contributed by atoms with E-state index in [-0.39, 0.29) is 11.4 Å². The maximum Gasteiger partial charge on any atom is 0.354 e. The lowest BCUT2D eigenvalue weighted by Gasteiger charge is -1.94. The Hall–Kier alpha value is -1.66. The average Bonchev–Trinajstić information content (AvgIpc) is 2.84. The van der Waals surface area contributed by atoms with E-state index in [0.717, 1.165) is 11.3 Å². The van der Waals surface area contributed by atoms with E-state index in [2.05, 4.69) is 9.97 Å². The van der Waals surface area contributed by atoms with Crippen LogP contribution in [0.5, 0.6) is 0 Å². The van der Waals surface area contributed by atoms with E-state index < -0.39 is 11.8 Å². The van der Waals surface area contributed by atoms with Crippen LogP contribution in [-0.4, -0.2) is 26.8 Å². The quantitative estimate of drug-likeness (QED) is 0.824. The van der Waals surface area contributed by atoms with Gasteiger partial charge >= 0.3 is 5.97 Å². The van der Waals surface area contributed by atoms with Crippen LogP contribution in [-0.2, 0) is 0 Å². The molecule has 7 heteroatoms. The maximum absolute atomic E-state index is 11.9. The number of H-pyrrole nitrogens is 1. The van der Waals surface area contributed by atoms with Crippen molar-refractivity contribution in [3.8, 4) is 0 Å². The Kier molecular flexibility index (Phi) is 2.76. The number of hydrogen-bond donors (Lipinski definition) is 2. The first-order valence-electron chi connectivity index (χ1n) is 4.16. The predicted molar refractivity (Wildman–Crippen MR) is 58.3 cm³/mol. The number of thiophene rings is 1. The van der Waals surface area contributed by atoms with E-state index in [1.165, 1.54) is 12.4 Å². The van der Waals surface area contributed by atoms with Gasteiger partial charge in [-0.1, -0.05) is 11.6 Å². The van der Waals surface area contributed by atoms with Crippen molar-refractivity contribution in [3.63, 3.8) is 0 Å². The number of carbonyl (C=O) groups is 2. The average molecular weight is 257 g/mol. The summed E-state index contributed by atoms with van der Waals surface area (Å²) in [7, 11) is 0. The zero-order valence-electron chi connectivity index (χ0n) is 7.73. The number of nitrogens with one attached hydrogen (secondary N) is 1. The van der Waals surface area contributed by atoms with Gasteiger partial charge in [0.25, 0.3) is 0 Å². The lowest BCUT2D eigenvalue weighted by molar-refractivity contribution is 0.0687. The van der Waals surface area contributed by atoms with Gasteiger partial charge in [-0.05, 0) is 12.1 Å². The second-order valence-electron chi connectivity index (χ2n) is 2.86. The first kappa shape index (κ1) is 10.8. The number of hydrogen-bond acceptors (Lipinski definition) is 4. The number of carboxylic acid groups (broad SMARTS) is 1. The van der Waals surface area contributed by atoms with E-state index >= 15 is 0 Å². The zero-order valence-corrected chi connectivity index (χ0v) is 9.30. The highest BCUT2D eigenvalue weighted by Gasteiger charge is 2.21. The minimum atomic E-state index is -1.22. The standard InChI is InChI=1S/C9H5ClN2O3S/c10-5-2-1-4(16-5)8(13)6-7(9(14)15)12-3-11-6/h1-3H,(H,11,12)(H,14,15). The third kappa shape index (κ3) is 1.84. The summed E-state index contributed by atoms with van der Waals surface area (Å²) in [5, 5.41) is 8.81. The molecule has 2 rings (SSSR count). The van der Waals surface area contributed by atoms with Gasteiger partial charge in [-0.2, -0.15) is 0 Å². The molecule has 0 unspecified atom stereocenters. The molecule has 5 nitrogen and oxygen atoms in total. The Morgan fingerprint density at radius 1 is 1.44 bits per heavy atom. The summed E-state index contributed by atoms with van der Waals surface area (Å²) in [4.78, 5) is 29.1. The number of aromatic carboxylic acids is 1. The van der Waals surface area contributed by atoms with Crippen molar-refractivity contribution >= 4 is 34.7 Å². The fourth-order valence-electron chi connectivity index (χ4n) is 1.18. The Labute approximate surface area is 98.7 Å². The van der Waals surface area contributed by atoms with E-state index in [0.29, 0.717) is 9.21 Å². The second kappa shape index (κ2) is 4.07. The van der Waals surface area contributed by atoms with Crippen molar-refractivity contribution < 1.29 is 14.7 Å². The molecule has 0 amide bonds. The van der Waals surface area contributed by atoms with Gasteiger partial charge in [-0.15, -0.1) is 11.3 Å². The van der Waals surface area contributed by atoms with Gasteiger partial charge in [-0.25, -0.2) is 9.78 Å². The molecule has 16 heavy (non-hydrogen) atoms. The maximum atomic E-state index is 11.9. The van der Waals surface area contributed by atoms with Gasteiger partial charge in [0, 0.05) is 0 Å². The smallest absolute Gasteiger partial charge is 0.354 e. The highest BCUT2D eigenvalue weighted by Crippen LogP contribution is 2.24. The minimum Gasteiger partial charge on any atom is -0.477 e. The number of ketones is 1. The molecule has 0 aliphatic rings. The molecule has 0 aliphatic carbocycles. The van der Waals surface area contributed by atoms with Gasteiger partial charge < -0.3 is 10.1 Å². The molecule has 2 heterocycles. The molecule has 0 bridgehead atoms. The highest BCUT2D eigenvalue weighted by atomic mass is 35.5. The van der Waals surface area contributed by atoms with Crippen LogP contribution < -0.4 is 0 Å². The van der Waals surface area contributed by atoms with E-state index in [1.807, 2.05) is 0 Å². The van der Waals surface area contributed by atoms with Crippen LogP contribution in [0.2, 0.25) is 4.34 Å². The Morgan fingerprint density at radius 3 is 2.75 bits per heavy atom. The first-order chi connectivity index (χ1) is 7.59. The normalized spacial score (nSPS) is 10.3. The molecule has 0 fully saturated rings. The van der Waals surface area contributed by atoms with Crippen molar-refractivity contribution in [2.45, 2.75) is 0 Å². The summed E-state index contributed by atoms with van der Waals surface area (Å²) in [5.74, 6) is -1.67. The van der Waals surface area contributed by atoms with E-state index in [4.69, 9.17) is 16.7 Å². The predicted octanol–water partition coefficient (Wildman–Crippen LogP) is 2.05. The lowest BCUT2D eigenvalue weighted by Crippen LogP contribution is -2.08. The van der Waals surface area contributed by atoms with Crippen LogP contribution in [0.25, 0.3) is 0 Å². The number of rotatable bonds is 3. The number of nitrogens with zero attached hydrogens (tertiary/aromatic N) is 1. The summed E-state index contributed by atoms with van der Waals surface area (Å²) in [6.07, 6.45) is 1.17. The summed E-state index contributed by atoms with van der Waals surface area (Å²) >= 11 is 6.77. The molecular formula is C9H5ClN2O3S. The molecule has 0 spiro atoms. The van der Waals surface area contributed by atoms with Crippen LogP contribution >= 0.6 is 22.9 Å². The third-order valence-corrected chi connectivity index (χ3v) is 3.10. The third-order valence-electron chi connectivity index (χ3n) is 1.87. The summed E-state index contributed by atoms with van der Waals surface area (Å²) < 4.78 is 0.468. The van der Waals surface area contributed by atoms with E-state index in [1.54, 1.807) is 6.07 Å². The van der Waals surface area contributed by atoms with Gasteiger partial charge in [0.2, 0.25) is 5.78 Å². The number of aromatic nitrogens is 2. The Morgan fingerprint density at radius 2 is 2.19 bits per heavy atom. The Balaban J connectivity index is 2.41. The van der Waals surface area contributed by atoms with Gasteiger partial charge in [0.1, 0.15) is 5.69 Å². The SMILES string of the molecule is O=C(c1ccc(Cl)s1)c1nc[nH]c1C(=O)O. The highest BCUT2D eigenvalue weighted by molar-refractivity contribution is 7.18. The first-order valence-corrected chi connectivity index (χ1v) is 5.35. The number of imidazole rings is 1. The minimum absolute atomic E-state index is 0.106.